The molecule has 1 saturated heterocycles. The number of hydrogen-bond acceptors (Lipinski definition) is 3. The maximum Gasteiger partial charge on any atom is 0.0901 e. The van der Waals surface area contributed by atoms with E-state index in [0.29, 0.717) is 11.0 Å². The second kappa shape index (κ2) is 7.55. The van der Waals surface area contributed by atoms with Crippen LogP contribution in [0.4, 0.5) is 0 Å². The Morgan fingerprint density at radius 3 is 2.16 bits per heavy atom. The van der Waals surface area contributed by atoms with Gasteiger partial charge in [0.1, 0.15) is 0 Å². The van der Waals surface area contributed by atoms with Gasteiger partial charge < -0.3 is 5.73 Å². The average molecular weight is 283 g/mol. The minimum Gasteiger partial charge on any atom is -0.392 e. The summed E-state index contributed by atoms with van der Waals surface area (Å²) >= 11 is 5.19. The SMILES string of the molecule is CCC(C(N)=S)N1CCN(C2CCCCCC2)CC1. The zero-order chi connectivity index (χ0) is 13.7. The van der Waals surface area contributed by atoms with Crippen molar-refractivity contribution in [3.05, 3.63) is 0 Å². The normalized spacial score (nSPS) is 25.9. The molecule has 0 spiro atoms. The first-order chi connectivity index (χ1) is 9.22. The molecule has 2 fully saturated rings. The highest BCUT2D eigenvalue weighted by Crippen LogP contribution is 2.23. The van der Waals surface area contributed by atoms with E-state index in [2.05, 4.69) is 16.7 Å². The lowest BCUT2D eigenvalue weighted by Gasteiger charge is -2.41. The summed E-state index contributed by atoms with van der Waals surface area (Å²) in [5.41, 5.74) is 5.85. The van der Waals surface area contributed by atoms with Gasteiger partial charge in [0.15, 0.2) is 0 Å². The van der Waals surface area contributed by atoms with Crippen LogP contribution in [0.1, 0.15) is 51.9 Å². The van der Waals surface area contributed by atoms with Crippen LogP contribution in [-0.4, -0.2) is 53.1 Å². The van der Waals surface area contributed by atoms with Crippen LogP contribution in [0.3, 0.4) is 0 Å². The van der Waals surface area contributed by atoms with Crippen molar-refractivity contribution >= 4 is 17.2 Å². The fraction of sp³-hybridized carbons (Fsp3) is 0.933. The van der Waals surface area contributed by atoms with Crippen LogP contribution in [0, 0.1) is 0 Å². The molecule has 3 nitrogen and oxygen atoms in total. The summed E-state index contributed by atoms with van der Waals surface area (Å²) in [5, 5.41) is 0. The summed E-state index contributed by atoms with van der Waals surface area (Å²) in [4.78, 5) is 5.87. The van der Waals surface area contributed by atoms with Gasteiger partial charge >= 0.3 is 0 Å². The Kier molecular flexibility index (Phi) is 6.05. The Bertz CT molecular complexity index is 279. The lowest BCUT2D eigenvalue weighted by atomic mass is 10.1. The molecule has 1 heterocycles. The van der Waals surface area contributed by atoms with E-state index in [1.165, 1.54) is 51.6 Å². The van der Waals surface area contributed by atoms with Gasteiger partial charge in [-0.1, -0.05) is 44.8 Å². The van der Waals surface area contributed by atoms with Gasteiger partial charge in [-0.05, 0) is 19.3 Å². The molecule has 0 aromatic heterocycles. The minimum atomic E-state index is 0.311. The first kappa shape index (κ1) is 15.2. The number of thiocarbonyl (C=S) groups is 1. The molecule has 1 aliphatic carbocycles. The smallest absolute Gasteiger partial charge is 0.0901 e. The fourth-order valence-corrected chi connectivity index (χ4v) is 3.99. The molecule has 1 unspecified atom stereocenters. The topological polar surface area (TPSA) is 32.5 Å². The van der Waals surface area contributed by atoms with Crippen molar-refractivity contribution in [2.24, 2.45) is 5.73 Å². The maximum absolute atomic E-state index is 5.85. The third kappa shape index (κ3) is 4.14. The molecule has 0 amide bonds. The summed E-state index contributed by atoms with van der Waals surface area (Å²) in [6.07, 6.45) is 9.59. The highest BCUT2D eigenvalue weighted by atomic mass is 32.1. The van der Waals surface area contributed by atoms with Gasteiger partial charge in [-0.2, -0.15) is 0 Å². The molecule has 0 bridgehead atoms. The maximum atomic E-state index is 5.85. The van der Waals surface area contributed by atoms with Crippen molar-refractivity contribution < 1.29 is 0 Å². The van der Waals surface area contributed by atoms with Gasteiger partial charge in [0.25, 0.3) is 0 Å². The summed E-state index contributed by atoms with van der Waals surface area (Å²) in [7, 11) is 0. The molecule has 0 aromatic carbocycles. The molecule has 1 aliphatic heterocycles. The Hall–Kier alpha value is -0.190. The van der Waals surface area contributed by atoms with E-state index < -0.39 is 0 Å². The number of nitrogens with two attached hydrogens (primary N) is 1. The third-order valence-electron chi connectivity index (χ3n) is 4.85. The number of hydrogen-bond donors (Lipinski definition) is 1. The van der Waals surface area contributed by atoms with Crippen LogP contribution in [0.25, 0.3) is 0 Å². The molecule has 2 rings (SSSR count). The molecule has 2 aliphatic rings. The highest BCUT2D eigenvalue weighted by molar-refractivity contribution is 7.80. The molecule has 1 saturated carbocycles. The largest absolute Gasteiger partial charge is 0.392 e. The van der Waals surface area contributed by atoms with Crippen molar-refractivity contribution in [1.82, 2.24) is 9.80 Å². The minimum absolute atomic E-state index is 0.311. The van der Waals surface area contributed by atoms with Gasteiger partial charge in [-0.15, -0.1) is 0 Å². The number of nitrogens with zero attached hydrogens (tertiary/aromatic N) is 2. The molecule has 1 atom stereocenters. The van der Waals surface area contributed by atoms with Crippen LogP contribution >= 0.6 is 12.2 Å². The highest BCUT2D eigenvalue weighted by Gasteiger charge is 2.28. The number of piperazine rings is 1. The first-order valence-electron chi connectivity index (χ1n) is 7.99. The first-order valence-corrected chi connectivity index (χ1v) is 8.40. The predicted octanol–water partition coefficient (Wildman–Crippen LogP) is 2.39. The van der Waals surface area contributed by atoms with Gasteiger partial charge in [-0.25, -0.2) is 0 Å². The van der Waals surface area contributed by atoms with E-state index in [0.717, 1.165) is 25.6 Å². The predicted molar refractivity (Wildman–Crippen MR) is 85.5 cm³/mol. The van der Waals surface area contributed by atoms with Crippen molar-refractivity contribution in [2.75, 3.05) is 26.2 Å². The van der Waals surface area contributed by atoms with E-state index in [1.54, 1.807) is 0 Å². The Morgan fingerprint density at radius 1 is 1.11 bits per heavy atom. The monoisotopic (exact) mass is 283 g/mol. The molecule has 2 N–H and O–H groups in total. The molecule has 0 aromatic rings. The van der Waals surface area contributed by atoms with Crippen LogP contribution in [0.2, 0.25) is 0 Å². The van der Waals surface area contributed by atoms with Gasteiger partial charge in [0, 0.05) is 32.2 Å². The average Bonchev–Trinajstić information content (AvgIpc) is 2.69. The zero-order valence-corrected chi connectivity index (χ0v) is 13.1. The Balaban J connectivity index is 1.82. The van der Waals surface area contributed by atoms with Crippen LogP contribution in [-0.2, 0) is 0 Å². The number of rotatable bonds is 4. The lowest BCUT2D eigenvalue weighted by Crippen LogP contribution is -2.55. The van der Waals surface area contributed by atoms with E-state index in [-0.39, 0.29) is 0 Å². The van der Waals surface area contributed by atoms with Crippen molar-refractivity contribution in [2.45, 2.75) is 64.0 Å². The molecule has 110 valence electrons. The second-order valence-electron chi connectivity index (χ2n) is 6.04. The second-order valence-corrected chi connectivity index (χ2v) is 6.52. The summed E-state index contributed by atoms with van der Waals surface area (Å²) in [6, 6.07) is 1.15. The van der Waals surface area contributed by atoms with E-state index >= 15 is 0 Å². The van der Waals surface area contributed by atoms with Crippen LogP contribution < -0.4 is 5.73 Å². The summed E-state index contributed by atoms with van der Waals surface area (Å²) < 4.78 is 0. The van der Waals surface area contributed by atoms with E-state index in [1.807, 2.05) is 0 Å². The standard InChI is InChI=1S/C15H29N3S/c1-2-14(15(16)19)18-11-9-17(10-12-18)13-7-5-3-4-6-8-13/h13-14H,2-12H2,1H3,(H2,16,19). The molecular formula is C15H29N3S. The van der Waals surface area contributed by atoms with Crippen molar-refractivity contribution in [3.8, 4) is 0 Å². The third-order valence-corrected chi connectivity index (χ3v) is 5.12. The fourth-order valence-electron chi connectivity index (χ4n) is 3.68. The van der Waals surface area contributed by atoms with Crippen LogP contribution in [0.5, 0.6) is 0 Å². The molecule has 4 heteroatoms. The Labute approximate surface area is 123 Å². The van der Waals surface area contributed by atoms with Crippen molar-refractivity contribution in [1.29, 1.82) is 0 Å². The van der Waals surface area contributed by atoms with Crippen molar-refractivity contribution in [3.63, 3.8) is 0 Å². The molecule has 0 radical (unpaired) electrons. The molecular weight excluding hydrogens is 254 g/mol. The summed E-state index contributed by atoms with van der Waals surface area (Å²) in [6.45, 7) is 6.84. The van der Waals surface area contributed by atoms with E-state index in [9.17, 15) is 0 Å². The Morgan fingerprint density at radius 2 is 1.68 bits per heavy atom. The van der Waals surface area contributed by atoms with E-state index in [4.69, 9.17) is 18.0 Å². The van der Waals surface area contributed by atoms with Gasteiger partial charge in [0.05, 0.1) is 11.0 Å². The van der Waals surface area contributed by atoms with Crippen LogP contribution in [0.15, 0.2) is 0 Å². The van der Waals surface area contributed by atoms with Gasteiger partial charge in [0.2, 0.25) is 0 Å². The molecule has 19 heavy (non-hydrogen) atoms. The summed E-state index contributed by atoms with van der Waals surface area (Å²) in [5.74, 6) is 0. The van der Waals surface area contributed by atoms with Gasteiger partial charge in [-0.3, -0.25) is 9.80 Å². The lowest BCUT2D eigenvalue weighted by molar-refractivity contribution is 0.0782. The zero-order valence-electron chi connectivity index (χ0n) is 12.3. The quantitative estimate of drug-likeness (QED) is 0.634.